The lowest BCUT2D eigenvalue weighted by Gasteiger charge is -2.18. The molecule has 2 fully saturated rings. The van der Waals surface area contributed by atoms with Gasteiger partial charge >= 0.3 is 0 Å². The summed E-state index contributed by atoms with van der Waals surface area (Å²) in [4.78, 5) is 38.4. The van der Waals surface area contributed by atoms with Crippen molar-refractivity contribution in [3.63, 3.8) is 0 Å². The molecule has 1 N–H and O–H groups in total. The molecule has 1 saturated heterocycles. The number of fused-ring (bicyclic) bond motifs is 5. The minimum atomic E-state index is -0.492. The molecule has 8 heteroatoms. The van der Waals surface area contributed by atoms with E-state index in [2.05, 4.69) is 5.32 Å². The smallest absolute Gasteiger partial charge is 0.294 e. The maximum absolute atomic E-state index is 13.0. The largest absolute Gasteiger partial charge is 0.497 e. The summed E-state index contributed by atoms with van der Waals surface area (Å²) in [5.41, 5.74) is 1.49. The van der Waals surface area contributed by atoms with Crippen molar-refractivity contribution in [2.75, 3.05) is 23.9 Å². The van der Waals surface area contributed by atoms with Crippen LogP contribution in [-0.2, 0) is 16.0 Å². The fourth-order valence-electron chi connectivity index (χ4n) is 5.29. The lowest BCUT2D eigenvalue weighted by atomic mass is 9.85. The lowest BCUT2D eigenvalue weighted by Crippen LogP contribution is -2.32. The molecule has 1 aliphatic heterocycles. The molecule has 1 saturated carbocycles. The van der Waals surface area contributed by atoms with Crippen LogP contribution in [0.5, 0.6) is 5.75 Å². The predicted molar refractivity (Wildman–Crippen MR) is 118 cm³/mol. The van der Waals surface area contributed by atoms with Crippen LogP contribution in [0.25, 0.3) is 0 Å². The molecule has 2 amide bonds. The molecule has 4 atom stereocenters. The average molecular weight is 433 g/mol. The van der Waals surface area contributed by atoms with Crippen molar-refractivity contribution in [1.82, 2.24) is 0 Å². The van der Waals surface area contributed by atoms with E-state index in [0.29, 0.717) is 18.7 Å². The molecule has 0 spiro atoms. The Bertz CT molecular complexity index is 1110. The minimum absolute atomic E-state index is 0.0963. The van der Waals surface area contributed by atoms with Gasteiger partial charge in [-0.25, -0.2) is 4.90 Å². The van der Waals surface area contributed by atoms with Gasteiger partial charge in [0.05, 0.1) is 29.6 Å². The second kappa shape index (κ2) is 7.78. The SMILES string of the molecule is COc1cccc(CCNc2ccc(N3C(=O)[C@@H]4[C@H](C3=O)[C@H]3C=C[C@H]4C3)cc2[N+](=O)[O-])c1. The Morgan fingerprint density at radius 3 is 2.47 bits per heavy atom. The van der Waals surface area contributed by atoms with E-state index >= 15 is 0 Å². The van der Waals surface area contributed by atoms with E-state index < -0.39 is 4.92 Å². The number of benzene rings is 2. The van der Waals surface area contributed by atoms with Crippen LogP contribution in [0.4, 0.5) is 17.1 Å². The summed E-state index contributed by atoms with van der Waals surface area (Å²) < 4.78 is 5.22. The molecule has 0 unspecified atom stereocenters. The highest BCUT2D eigenvalue weighted by Crippen LogP contribution is 2.53. The van der Waals surface area contributed by atoms with Gasteiger partial charge in [0, 0.05) is 12.6 Å². The van der Waals surface area contributed by atoms with Crippen molar-refractivity contribution in [2.24, 2.45) is 23.7 Å². The zero-order valence-electron chi connectivity index (χ0n) is 17.6. The molecular formula is C24H23N3O5. The lowest BCUT2D eigenvalue weighted by molar-refractivity contribution is -0.383. The summed E-state index contributed by atoms with van der Waals surface area (Å²) in [6, 6.07) is 12.1. The highest BCUT2D eigenvalue weighted by Gasteiger charge is 2.59. The maximum atomic E-state index is 13.0. The van der Waals surface area contributed by atoms with Crippen LogP contribution in [0.3, 0.4) is 0 Å². The number of nitrogens with zero attached hydrogens (tertiary/aromatic N) is 2. The van der Waals surface area contributed by atoms with Crippen LogP contribution in [-0.4, -0.2) is 30.4 Å². The molecular weight excluding hydrogens is 410 g/mol. The molecule has 164 valence electrons. The van der Waals surface area contributed by atoms with Crippen molar-refractivity contribution >= 4 is 28.9 Å². The first-order chi connectivity index (χ1) is 15.5. The number of anilines is 2. The first-order valence-corrected chi connectivity index (χ1v) is 10.7. The monoisotopic (exact) mass is 433 g/mol. The van der Waals surface area contributed by atoms with Gasteiger partial charge in [0.15, 0.2) is 0 Å². The van der Waals surface area contributed by atoms with Gasteiger partial charge in [0.1, 0.15) is 11.4 Å². The van der Waals surface area contributed by atoms with Crippen LogP contribution in [0.15, 0.2) is 54.6 Å². The summed E-state index contributed by atoms with van der Waals surface area (Å²) in [7, 11) is 1.60. The molecule has 1 heterocycles. The van der Waals surface area contributed by atoms with E-state index in [-0.39, 0.29) is 46.9 Å². The number of ether oxygens (including phenoxy) is 1. The van der Waals surface area contributed by atoms with E-state index in [1.165, 1.54) is 6.07 Å². The van der Waals surface area contributed by atoms with Crippen molar-refractivity contribution in [1.29, 1.82) is 0 Å². The number of rotatable bonds is 7. The average Bonchev–Trinajstić information content (AvgIpc) is 3.48. The summed E-state index contributed by atoms with van der Waals surface area (Å²) in [5.74, 6) is -0.214. The zero-order valence-corrected chi connectivity index (χ0v) is 17.6. The first-order valence-electron chi connectivity index (χ1n) is 10.7. The fourth-order valence-corrected chi connectivity index (χ4v) is 5.29. The quantitative estimate of drug-likeness (QED) is 0.310. The van der Waals surface area contributed by atoms with Gasteiger partial charge in [-0.15, -0.1) is 0 Å². The molecule has 0 aromatic heterocycles. The number of hydrogen-bond donors (Lipinski definition) is 1. The summed E-state index contributed by atoms with van der Waals surface area (Å²) in [6.07, 6.45) is 5.55. The number of hydrogen-bond acceptors (Lipinski definition) is 6. The van der Waals surface area contributed by atoms with Gasteiger partial charge in [-0.2, -0.15) is 0 Å². The van der Waals surface area contributed by atoms with E-state index in [4.69, 9.17) is 4.74 Å². The second-order valence-electron chi connectivity index (χ2n) is 8.50. The second-order valence-corrected chi connectivity index (χ2v) is 8.50. The maximum Gasteiger partial charge on any atom is 0.294 e. The molecule has 32 heavy (non-hydrogen) atoms. The Labute approximate surface area is 185 Å². The van der Waals surface area contributed by atoms with Crippen molar-refractivity contribution in [3.05, 3.63) is 70.3 Å². The van der Waals surface area contributed by atoms with Gasteiger partial charge in [-0.3, -0.25) is 19.7 Å². The Hall–Kier alpha value is -3.68. The van der Waals surface area contributed by atoms with Crippen LogP contribution in [0.1, 0.15) is 12.0 Å². The van der Waals surface area contributed by atoms with Crippen LogP contribution in [0, 0.1) is 33.8 Å². The van der Waals surface area contributed by atoms with E-state index in [0.717, 1.165) is 22.6 Å². The number of carbonyl (C=O) groups is 2. The van der Waals surface area contributed by atoms with Crippen LogP contribution >= 0.6 is 0 Å². The van der Waals surface area contributed by atoms with Crippen molar-refractivity contribution in [2.45, 2.75) is 12.8 Å². The summed E-state index contributed by atoms with van der Waals surface area (Å²) >= 11 is 0. The van der Waals surface area contributed by atoms with Gasteiger partial charge in [-0.1, -0.05) is 24.3 Å². The number of carbonyl (C=O) groups excluding carboxylic acids is 2. The Morgan fingerprint density at radius 1 is 1.09 bits per heavy atom. The van der Waals surface area contributed by atoms with E-state index in [1.807, 2.05) is 36.4 Å². The van der Waals surface area contributed by atoms with Crippen molar-refractivity contribution < 1.29 is 19.2 Å². The van der Waals surface area contributed by atoms with E-state index in [9.17, 15) is 19.7 Å². The number of imide groups is 1. The van der Waals surface area contributed by atoms with E-state index in [1.54, 1.807) is 19.2 Å². The molecule has 2 aromatic carbocycles. The minimum Gasteiger partial charge on any atom is -0.497 e. The highest BCUT2D eigenvalue weighted by molar-refractivity contribution is 6.23. The van der Waals surface area contributed by atoms with Gasteiger partial charge in [-0.05, 0) is 54.5 Å². The number of allylic oxidation sites excluding steroid dienone is 2. The Morgan fingerprint density at radius 2 is 1.81 bits per heavy atom. The summed E-state index contributed by atoms with van der Waals surface area (Å²) in [5, 5.41) is 14.8. The topological polar surface area (TPSA) is 102 Å². The van der Waals surface area contributed by atoms with Gasteiger partial charge in [0.2, 0.25) is 11.8 Å². The molecule has 0 radical (unpaired) electrons. The fraction of sp³-hybridized carbons (Fsp3) is 0.333. The standard InChI is InChI=1S/C24H23N3O5/c1-32-18-4-2-3-14(11-18)9-10-25-19-8-7-17(13-20(19)27(30)31)26-23(28)21-15-5-6-16(12-15)22(21)24(26)29/h2-8,11,13,15-16,21-22,25H,9-10,12H2,1H3/t15-,16-,21-,22+/m0/s1. The predicted octanol–water partition coefficient (Wildman–Crippen LogP) is 3.57. The number of nitro groups is 1. The summed E-state index contributed by atoms with van der Waals surface area (Å²) in [6.45, 7) is 0.480. The number of amides is 2. The molecule has 2 aromatic rings. The zero-order chi connectivity index (χ0) is 22.4. The third-order valence-corrected chi connectivity index (χ3v) is 6.77. The molecule has 2 bridgehead atoms. The third kappa shape index (κ3) is 3.23. The van der Waals surface area contributed by atoms with Gasteiger partial charge < -0.3 is 10.1 Å². The Balaban J connectivity index is 1.34. The number of nitro benzene ring substituents is 1. The normalized spacial score (nSPS) is 25.3. The number of methoxy groups -OCH3 is 1. The molecule has 8 nitrogen and oxygen atoms in total. The number of nitrogens with one attached hydrogen (secondary N) is 1. The molecule has 5 rings (SSSR count). The highest BCUT2D eigenvalue weighted by atomic mass is 16.6. The van der Waals surface area contributed by atoms with Crippen molar-refractivity contribution in [3.8, 4) is 5.75 Å². The molecule has 2 aliphatic carbocycles. The van der Waals surface area contributed by atoms with Crippen LogP contribution < -0.4 is 15.0 Å². The first kappa shape index (κ1) is 20.2. The molecule has 3 aliphatic rings. The van der Waals surface area contributed by atoms with Crippen LogP contribution in [0.2, 0.25) is 0 Å². The van der Waals surface area contributed by atoms with Gasteiger partial charge in [0.25, 0.3) is 5.69 Å². The Kier molecular flexibility index (Phi) is 4.92. The third-order valence-electron chi connectivity index (χ3n) is 6.77.